The van der Waals surface area contributed by atoms with E-state index < -0.39 is 12.0 Å². The van der Waals surface area contributed by atoms with E-state index >= 15 is 0 Å². The Bertz CT molecular complexity index is 490. The summed E-state index contributed by atoms with van der Waals surface area (Å²) in [5.41, 5.74) is 1.62. The fourth-order valence-electron chi connectivity index (χ4n) is 2.96. The summed E-state index contributed by atoms with van der Waals surface area (Å²) in [4.78, 5) is 20.6. The number of likely N-dealkylation sites (N-methyl/N-ethyl adjacent to an activating group) is 1. The van der Waals surface area contributed by atoms with E-state index in [1.165, 1.54) is 0 Å². The Labute approximate surface area is 120 Å². The van der Waals surface area contributed by atoms with Crippen molar-refractivity contribution in [1.82, 2.24) is 19.4 Å². The molecular formula is C14H24N4O2. The van der Waals surface area contributed by atoms with Crippen molar-refractivity contribution in [3.05, 3.63) is 17.2 Å². The lowest BCUT2D eigenvalue weighted by Crippen LogP contribution is -2.49. The summed E-state index contributed by atoms with van der Waals surface area (Å²) in [6.45, 7) is 10.4. The topological polar surface area (TPSA) is 61.6 Å². The third-order valence-corrected chi connectivity index (χ3v) is 4.26. The fourth-order valence-corrected chi connectivity index (χ4v) is 2.96. The molecule has 1 aromatic rings. The van der Waals surface area contributed by atoms with Crippen LogP contribution in [0, 0.1) is 13.8 Å². The second kappa shape index (κ2) is 5.93. The van der Waals surface area contributed by atoms with Gasteiger partial charge in [0.05, 0.1) is 11.4 Å². The summed E-state index contributed by atoms with van der Waals surface area (Å²) in [5, 5.41) is 9.66. The van der Waals surface area contributed by atoms with Gasteiger partial charge in [0, 0.05) is 33.2 Å². The highest BCUT2D eigenvalue weighted by atomic mass is 16.4. The summed E-state index contributed by atoms with van der Waals surface area (Å²) < 4.78 is 1.90. The molecule has 1 N–H and O–H groups in total. The molecule has 0 spiro atoms. The first-order chi connectivity index (χ1) is 9.45. The highest BCUT2D eigenvalue weighted by molar-refractivity contribution is 5.75. The van der Waals surface area contributed by atoms with Crippen molar-refractivity contribution in [1.29, 1.82) is 0 Å². The second-order valence-corrected chi connectivity index (χ2v) is 5.40. The van der Waals surface area contributed by atoms with Crippen LogP contribution in [-0.2, 0) is 11.8 Å². The summed E-state index contributed by atoms with van der Waals surface area (Å²) in [6.07, 6.45) is 0. The predicted molar refractivity (Wildman–Crippen MR) is 76.7 cm³/mol. The maximum Gasteiger partial charge on any atom is 0.327 e. The molecule has 0 saturated carbocycles. The third kappa shape index (κ3) is 2.71. The van der Waals surface area contributed by atoms with Crippen LogP contribution in [0.5, 0.6) is 0 Å². The molecule has 0 bridgehead atoms. The molecular weight excluding hydrogens is 256 g/mol. The first-order valence-corrected chi connectivity index (χ1v) is 7.14. The van der Waals surface area contributed by atoms with Gasteiger partial charge in [-0.05, 0) is 20.4 Å². The van der Waals surface area contributed by atoms with Crippen molar-refractivity contribution in [3.8, 4) is 0 Å². The number of aromatic nitrogens is 2. The van der Waals surface area contributed by atoms with E-state index in [4.69, 9.17) is 0 Å². The van der Waals surface area contributed by atoms with Crippen LogP contribution >= 0.6 is 0 Å². The minimum absolute atomic E-state index is 0.597. The van der Waals surface area contributed by atoms with Crippen LogP contribution in [0.15, 0.2) is 0 Å². The van der Waals surface area contributed by atoms with Crippen LogP contribution in [0.2, 0.25) is 0 Å². The number of carbonyl (C=O) groups is 1. The second-order valence-electron chi connectivity index (χ2n) is 5.40. The molecule has 1 unspecified atom stereocenters. The molecule has 0 aliphatic carbocycles. The van der Waals surface area contributed by atoms with Crippen molar-refractivity contribution in [2.75, 3.05) is 32.7 Å². The van der Waals surface area contributed by atoms with Gasteiger partial charge in [0.15, 0.2) is 6.04 Å². The smallest absolute Gasteiger partial charge is 0.327 e. The molecule has 20 heavy (non-hydrogen) atoms. The van der Waals surface area contributed by atoms with Crippen molar-refractivity contribution >= 4 is 5.97 Å². The Hall–Kier alpha value is -1.40. The number of aryl methyl sites for hydroxylation is 2. The molecule has 1 aliphatic rings. The zero-order valence-electron chi connectivity index (χ0n) is 12.8. The monoisotopic (exact) mass is 280 g/mol. The van der Waals surface area contributed by atoms with Crippen molar-refractivity contribution < 1.29 is 9.90 Å². The van der Waals surface area contributed by atoms with Gasteiger partial charge in [0.2, 0.25) is 0 Å². The highest BCUT2D eigenvalue weighted by Gasteiger charge is 2.33. The highest BCUT2D eigenvalue weighted by Crippen LogP contribution is 2.25. The Morgan fingerprint density at radius 1 is 1.30 bits per heavy atom. The lowest BCUT2D eigenvalue weighted by molar-refractivity contribution is -0.144. The van der Waals surface area contributed by atoms with E-state index in [1.807, 2.05) is 25.5 Å². The average Bonchev–Trinajstić information content (AvgIpc) is 2.66. The van der Waals surface area contributed by atoms with Gasteiger partial charge in [0.25, 0.3) is 0 Å². The van der Waals surface area contributed by atoms with Gasteiger partial charge >= 0.3 is 5.97 Å². The van der Waals surface area contributed by atoms with E-state index in [0.29, 0.717) is 0 Å². The SMILES string of the molecule is CCN1CCN(C(C(=O)O)c2c(C)nc(C)n2C)CC1. The maximum absolute atomic E-state index is 11.8. The first kappa shape index (κ1) is 15.0. The van der Waals surface area contributed by atoms with E-state index in [9.17, 15) is 9.90 Å². The normalized spacial score (nSPS) is 19.2. The van der Waals surface area contributed by atoms with Crippen LogP contribution in [0.25, 0.3) is 0 Å². The van der Waals surface area contributed by atoms with Gasteiger partial charge in [-0.2, -0.15) is 0 Å². The van der Waals surface area contributed by atoms with E-state index in [0.717, 1.165) is 49.9 Å². The summed E-state index contributed by atoms with van der Waals surface area (Å²) in [5.74, 6) is 0.0667. The van der Waals surface area contributed by atoms with Crippen LogP contribution in [0.3, 0.4) is 0 Å². The number of rotatable bonds is 4. The molecule has 0 aromatic carbocycles. The van der Waals surface area contributed by atoms with E-state index in [-0.39, 0.29) is 0 Å². The van der Waals surface area contributed by atoms with Gasteiger partial charge in [-0.1, -0.05) is 6.92 Å². The molecule has 1 aliphatic heterocycles. The van der Waals surface area contributed by atoms with Gasteiger partial charge in [-0.25, -0.2) is 4.98 Å². The number of aliphatic carboxylic acids is 1. The Kier molecular flexibility index (Phi) is 4.45. The molecule has 1 atom stereocenters. The number of nitrogens with zero attached hydrogens (tertiary/aromatic N) is 4. The zero-order valence-corrected chi connectivity index (χ0v) is 12.8. The Morgan fingerprint density at radius 2 is 1.90 bits per heavy atom. The van der Waals surface area contributed by atoms with Crippen molar-refractivity contribution in [2.24, 2.45) is 7.05 Å². The van der Waals surface area contributed by atoms with Gasteiger partial charge < -0.3 is 14.6 Å². The number of carboxylic acids is 1. The number of hydrogen-bond acceptors (Lipinski definition) is 4. The number of carboxylic acid groups (broad SMARTS) is 1. The average molecular weight is 280 g/mol. The molecule has 0 amide bonds. The third-order valence-electron chi connectivity index (χ3n) is 4.26. The number of piperazine rings is 1. The molecule has 6 nitrogen and oxygen atoms in total. The Balaban J connectivity index is 2.26. The predicted octanol–water partition coefficient (Wildman–Crippen LogP) is 0.800. The Morgan fingerprint density at radius 3 is 2.30 bits per heavy atom. The van der Waals surface area contributed by atoms with E-state index in [1.54, 1.807) is 0 Å². The molecule has 1 fully saturated rings. The first-order valence-electron chi connectivity index (χ1n) is 7.14. The number of hydrogen-bond donors (Lipinski definition) is 1. The summed E-state index contributed by atoms with van der Waals surface area (Å²) in [7, 11) is 1.89. The minimum atomic E-state index is -0.791. The van der Waals surface area contributed by atoms with Crippen molar-refractivity contribution in [2.45, 2.75) is 26.8 Å². The lowest BCUT2D eigenvalue weighted by atomic mass is 10.1. The fraction of sp³-hybridized carbons (Fsp3) is 0.714. The van der Waals surface area contributed by atoms with Crippen LogP contribution in [0.4, 0.5) is 0 Å². The summed E-state index contributed by atoms with van der Waals surface area (Å²) >= 11 is 0. The molecule has 2 rings (SSSR count). The van der Waals surface area contributed by atoms with Gasteiger partial charge in [0.1, 0.15) is 5.82 Å². The van der Waals surface area contributed by atoms with E-state index in [2.05, 4.69) is 21.7 Å². The largest absolute Gasteiger partial charge is 0.480 e. The molecule has 112 valence electrons. The number of imidazole rings is 1. The minimum Gasteiger partial charge on any atom is -0.480 e. The zero-order chi connectivity index (χ0) is 14.9. The standard InChI is InChI=1S/C14H24N4O2/c1-5-17-6-8-18(9-7-17)13(14(19)20)12-10(2)15-11(3)16(12)4/h13H,5-9H2,1-4H3,(H,19,20). The molecule has 1 saturated heterocycles. The quantitative estimate of drug-likeness (QED) is 0.884. The van der Waals surface area contributed by atoms with Crippen molar-refractivity contribution in [3.63, 3.8) is 0 Å². The molecule has 6 heteroatoms. The summed E-state index contributed by atoms with van der Waals surface area (Å²) in [6, 6.07) is -0.597. The van der Waals surface area contributed by atoms with Gasteiger partial charge in [-0.3, -0.25) is 9.69 Å². The molecule has 1 aromatic heterocycles. The van der Waals surface area contributed by atoms with Crippen LogP contribution < -0.4 is 0 Å². The molecule has 0 radical (unpaired) electrons. The molecule has 2 heterocycles. The van der Waals surface area contributed by atoms with Crippen LogP contribution in [0.1, 0.15) is 30.2 Å². The van der Waals surface area contributed by atoms with Gasteiger partial charge in [-0.15, -0.1) is 0 Å². The van der Waals surface area contributed by atoms with Crippen LogP contribution in [-0.4, -0.2) is 63.2 Å². The lowest BCUT2D eigenvalue weighted by Gasteiger charge is -2.37. The maximum atomic E-state index is 11.8.